The van der Waals surface area contributed by atoms with Crippen LogP contribution in [0.2, 0.25) is 0 Å². The molecular formula is C6H14O2Si. The van der Waals surface area contributed by atoms with Gasteiger partial charge in [-0.3, -0.25) is 0 Å². The maximum atomic E-state index is 10.4. The number of hydrogen-bond donors (Lipinski definition) is 0. The molecule has 1 atom stereocenters. The van der Waals surface area contributed by atoms with Crippen molar-refractivity contribution in [3.05, 3.63) is 0 Å². The van der Waals surface area contributed by atoms with Crippen molar-refractivity contribution >= 4 is 16.8 Å². The Morgan fingerprint density at radius 3 is 2.11 bits per heavy atom. The molecule has 54 valence electrons. The van der Waals surface area contributed by atoms with E-state index in [9.17, 15) is 4.79 Å². The monoisotopic (exact) mass is 146 g/mol. The lowest BCUT2D eigenvalue weighted by molar-refractivity contribution is -0.123. The van der Waals surface area contributed by atoms with Crippen molar-refractivity contribution in [3.8, 4) is 0 Å². The largest absolute Gasteiger partial charge is 0.416 e. The second kappa shape index (κ2) is 3.13. The third-order valence-corrected chi connectivity index (χ3v) is 2.70. The smallest absolute Gasteiger partial charge is 0.150 e. The van der Waals surface area contributed by atoms with Crippen molar-refractivity contribution < 1.29 is 9.22 Å². The number of carbonyl (C=O) groups excluding carboxylic acids is 1. The number of hydrogen-bond acceptors (Lipinski definition) is 2. The van der Waals surface area contributed by atoms with Gasteiger partial charge in [0.25, 0.3) is 0 Å². The molecule has 0 fully saturated rings. The van der Waals surface area contributed by atoms with Gasteiger partial charge in [-0.2, -0.15) is 0 Å². The standard InChI is InChI=1S/C6H14O2Si/c1-5(2)6(3,4-7)8-9/h4-5H,1-3,9H3. The minimum atomic E-state index is -0.535. The first kappa shape index (κ1) is 8.85. The van der Waals surface area contributed by atoms with Crippen molar-refractivity contribution in [3.63, 3.8) is 0 Å². The molecular weight excluding hydrogens is 132 g/mol. The Morgan fingerprint density at radius 1 is 1.67 bits per heavy atom. The van der Waals surface area contributed by atoms with Gasteiger partial charge in [0, 0.05) is 0 Å². The molecule has 0 N–H and O–H groups in total. The van der Waals surface area contributed by atoms with Crippen LogP contribution in [0.4, 0.5) is 0 Å². The van der Waals surface area contributed by atoms with Crippen molar-refractivity contribution in [2.75, 3.05) is 0 Å². The normalized spacial score (nSPS) is 17.8. The molecule has 1 unspecified atom stereocenters. The van der Waals surface area contributed by atoms with Crippen molar-refractivity contribution in [2.24, 2.45) is 5.92 Å². The Kier molecular flexibility index (Phi) is 3.07. The summed E-state index contributed by atoms with van der Waals surface area (Å²) in [5, 5.41) is 0. The molecule has 0 saturated carbocycles. The van der Waals surface area contributed by atoms with Gasteiger partial charge in [-0.1, -0.05) is 13.8 Å². The van der Waals surface area contributed by atoms with Gasteiger partial charge in [-0.25, -0.2) is 0 Å². The first-order valence-electron chi connectivity index (χ1n) is 3.08. The fraction of sp³-hybridized carbons (Fsp3) is 0.833. The average molecular weight is 146 g/mol. The third-order valence-electron chi connectivity index (χ3n) is 1.82. The highest BCUT2D eigenvalue weighted by Crippen LogP contribution is 2.16. The fourth-order valence-corrected chi connectivity index (χ4v) is 0.988. The van der Waals surface area contributed by atoms with Crippen molar-refractivity contribution in [2.45, 2.75) is 26.4 Å². The topological polar surface area (TPSA) is 26.3 Å². The van der Waals surface area contributed by atoms with E-state index in [1.165, 1.54) is 0 Å². The van der Waals surface area contributed by atoms with E-state index in [4.69, 9.17) is 4.43 Å². The number of aldehydes is 1. The van der Waals surface area contributed by atoms with E-state index in [0.717, 1.165) is 6.29 Å². The Hall–Kier alpha value is -0.153. The lowest BCUT2D eigenvalue weighted by Gasteiger charge is -2.25. The van der Waals surface area contributed by atoms with Crippen LogP contribution in [-0.2, 0) is 9.22 Å². The van der Waals surface area contributed by atoms with Gasteiger partial charge in [-0.15, -0.1) is 0 Å². The van der Waals surface area contributed by atoms with Crippen LogP contribution in [0.5, 0.6) is 0 Å². The quantitative estimate of drug-likeness (QED) is 0.410. The summed E-state index contributed by atoms with van der Waals surface area (Å²) in [6.07, 6.45) is 0.880. The molecule has 0 aromatic rings. The molecule has 2 nitrogen and oxygen atoms in total. The molecule has 0 bridgehead atoms. The number of rotatable bonds is 3. The first-order valence-corrected chi connectivity index (χ1v) is 3.90. The van der Waals surface area contributed by atoms with E-state index >= 15 is 0 Å². The van der Waals surface area contributed by atoms with Crippen LogP contribution in [0.1, 0.15) is 20.8 Å². The van der Waals surface area contributed by atoms with E-state index in [1.54, 1.807) is 0 Å². The van der Waals surface area contributed by atoms with Gasteiger partial charge in [0.1, 0.15) is 16.1 Å². The van der Waals surface area contributed by atoms with Gasteiger partial charge < -0.3 is 9.22 Å². The van der Waals surface area contributed by atoms with Gasteiger partial charge in [0.15, 0.2) is 6.29 Å². The maximum absolute atomic E-state index is 10.4. The van der Waals surface area contributed by atoms with Crippen LogP contribution in [0, 0.1) is 5.92 Å². The van der Waals surface area contributed by atoms with Gasteiger partial charge in [0.2, 0.25) is 0 Å². The SMILES string of the molecule is CC(C)C(C)(C=O)O[SiH3]. The van der Waals surface area contributed by atoms with Crippen molar-refractivity contribution in [1.82, 2.24) is 0 Å². The van der Waals surface area contributed by atoms with Crippen LogP contribution < -0.4 is 0 Å². The summed E-state index contributed by atoms with van der Waals surface area (Å²) in [5.41, 5.74) is -0.535. The summed E-state index contributed by atoms with van der Waals surface area (Å²) < 4.78 is 5.12. The molecule has 0 aromatic carbocycles. The van der Waals surface area contributed by atoms with Gasteiger partial charge in [-0.05, 0) is 12.8 Å². The zero-order chi connectivity index (χ0) is 7.49. The molecule has 0 amide bonds. The Balaban J connectivity index is 4.08. The van der Waals surface area contributed by atoms with Crippen LogP contribution in [0.15, 0.2) is 0 Å². The van der Waals surface area contributed by atoms with Gasteiger partial charge in [0.05, 0.1) is 0 Å². The molecule has 0 heterocycles. The van der Waals surface area contributed by atoms with Crippen LogP contribution in [0.25, 0.3) is 0 Å². The summed E-state index contributed by atoms with van der Waals surface area (Å²) in [6.45, 7) is 5.77. The molecule has 0 aliphatic rings. The molecule has 0 aliphatic carbocycles. The zero-order valence-electron chi connectivity index (χ0n) is 6.47. The highest BCUT2D eigenvalue weighted by molar-refractivity contribution is 5.99. The molecule has 0 rings (SSSR count). The molecule has 0 aliphatic heterocycles. The average Bonchev–Trinajstić information content (AvgIpc) is 1.86. The summed E-state index contributed by atoms with van der Waals surface area (Å²) in [6, 6.07) is 0. The lowest BCUT2D eigenvalue weighted by atomic mass is 9.95. The predicted octanol–water partition coefficient (Wildman–Crippen LogP) is -0.103. The third kappa shape index (κ3) is 1.91. The second-order valence-corrected chi connectivity index (χ2v) is 3.07. The Labute approximate surface area is 59.1 Å². The van der Waals surface area contributed by atoms with E-state index in [2.05, 4.69) is 0 Å². The van der Waals surface area contributed by atoms with Gasteiger partial charge >= 0.3 is 0 Å². The molecule has 0 aromatic heterocycles. The lowest BCUT2D eigenvalue weighted by Crippen LogP contribution is -2.35. The van der Waals surface area contributed by atoms with Crippen molar-refractivity contribution in [1.29, 1.82) is 0 Å². The number of carbonyl (C=O) groups is 1. The van der Waals surface area contributed by atoms with Crippen LogP contribution >= 0.6 is 0 Å². The Bertz CT molecular complexity index is 103. The minimum Gasteiger partial charge on any atom is -0.416 e. The van der Waals surface area contributed by atoms with E-state index in [0.29, 0.717) is 10.5 Å². The second-order valence-electron chi connectivity index (χ2n) is 2.66. The van der Waals surface area contributed by atoms with E-state index < -0.39 is 5.60 Å². The van der Waals surface area contributed by atoms with Crippen LogP contribution in [-0.4, -0.2) is 22.4 Å². The summed E-state index contributed by atoms with van der Waals surface area (Å²) in [7, 11) is 0.623. The molecule has 0 saturated heterocycles. The first-order chi connectivity index (χ1) is 4.06. The Morgan fingerprint density at radius 2 is 2.11 bits per heavy atom. The zero-order valence-corrected chi connectivity index (χ0v) is 8.47. The van der Waals surface area contributed by atoms with E-state index in [1.807, 2.05) is 20.8 Å². The maximum Gasteiger partial charge on any atom is 0.150 e. The molecule has 0 radical (unpaired) electrons. The molecule has 9 heavy (non-hydrogen) atoms. The molecule has 0 spiro atoms. The predicted molar refractivity (Wildman–Crippen MR) is 40.3 cm³/mol. The summed E-state index contributed by atoms with van der Waals surface area (Å²) in [5.74, 6) is 0.271. The summed E-state index contributed by atoms with van der Waals surface area (Å²) in [4.78, 5) is 10.4. The highest BCUT2D eigenvalue weighted by atomic mass is 28.2. The fourth-order valence-electron chi connectivity index (χ4n) is 0.420. The highest BCUT2D eigenvalue weighted by Gasteiger charge is 2.25. The minimum absolute atomic E-state index is 0.271. The molecule has 3 heteroatoms. The van der Waals surface area contributed by atoms with Crippen LogP contribution in [0.3, 0.4) is 0 Å². The summed E-state index contributed by atoms with van der Waals surface area (Å²) >= 11 is 0. The van der Waals surface area contributed by atoms with E-state index in [-0.39, 0.29) is 5.92 Å².